The molecule has 5 aliphatic rings. The Kier molecular flexibility index (Phi) is 23.2. The molecule has 8 bridgehead atoms. The van der Waals surface area contributed by atoms with Gasteiger partial charge in [-0.05, 0) is 143 Å². The summed E-state index contributed by atoms with van der Waals surface area (Å²) in [4.78, 5) is 92.0. The van der Waals surface area contributed by atoms with Gasteiger partial charge in [0, 0.05) is 104 Å². The molecule has 7 aromatic rings. The number of aromatic amines is 2. The minimum atomic E-state index is -5.27. The van der Waals surface area contributed by atoms with Crippen molar-refractivity contribution in [3.05, 3.63) is 149 Å². The largest absolute Gasteiger partial charge is 0.463 e. The lowest BCUT2D eigenvalue weighted by atomic mass is 9.83. The van der Waals surface area contributed by atoms with Crippen molar-refractivity contribution in [2.45, 2.75) is 151 Å². The van der Waals surface area contributed by atoms with Crippen molar-refractivity contribution < 1.29 is 112 Å². The highest BCUT2D eigenvalue weighted by atomic mass is 19.4. The van der Waals surface area contributed by atoms with Crippen LogP contribution in [0.2, 0.25) is 0 Å². The number of nitrogens with zero attached hydrogens (tertiary/aromatic N) is 2. The lowest BCUT2D eigenvalue weighted by Crippen LogP contribution is -2.54. The van der Waals surface area contributed by atoms with E-state index in [0.29, 0.717) is 62.2 Å². The summed E-state index contributed by atoms with van der Waals surface area (Å²) in [6, 6.07) is 28.2. The minimum absolute atomic E-state index is 0.00983. The topological polar surface area (TPSA) is 271 Å². The molecule has 3 saturated heterocycles. The number of esters is 6. The molecule has 0 saturated carbocycles. The van der Waals surface area contributed by atoms with Crippen LogP contribution in [0.3, 0.4) is 0 Å². The van der Waals surface area contributed by atoms with Crippen LogP contribution in [-0.2, 0) is 83.8 Å². The first kappa shape index (κ1) is 78.7. The second-order valence-corrected chi connectivity index (χ2v) is 28.1. The summed E-state index contributed by atoms with van der Waals surface area (Å²) in [6.07, 6.45) is -12.8. The van der Waals surface area contributed by atoms with Gasteiger partial charge in [0.15, 0.2) is 18.3 Å². The van der Waals surface area contributed by atoms with Gasteiger partial charge in [-0.1, -0.05) is 77.9 Å². The van der Waals surface area contributed by atoms with Crippen LogP contribution >= 0.6 is 0 Å². The van der Waals surface area contributed by atoms with E-state index in [4.69, 9.17) is 66.8 Å². The first-order chi connectivity index (χ1) is 52.1. The average Bonchev–Trinajstić information content (AvgIpc) is 1.55. The molecule has 0 radical (unpaired) electrons. The highest BCUT2D eigenvalue weighted by Gasteiger charge is 2.49. The molecule has 0 spiro atoms. The van der Waals surface area contributed by atoms with Crippen LogP contribution in [0.5, 0.6) is 17.2 Å². The number of aromatic nitrogens is 4. The number of hydrogen-bond donors (Lipinski definition) is 2. The lowest BCUT2D eigenvalue weighted by molar-refractivity contribution is -0.253. The van der Waals surface area contributed by atoms with Crippen LogP contribution in [-0.4, -0.2) is 131 Å². The fraction of sp³-hybridized carbons (Fsp3) is 0.390. The number of carbonyl (C=O) groups is 6. The van der Waals surface area contributed by atoms with Crippen LogP contribution in [0.15, 0.2) is 115 Å². The molecule has 22 nitrogen and oxygen atoms in total. The zero-order chi connectivity index (χ0) is 78.9. The van der Waals surface area contributed by atoms with Crippen LogP contribution in [0.25, 0.3) is 90.9 Å². The van der Waals surface area contributed by atoms with E-state index < -0.39 is 132 Å². The van der Waals surface area contributed by atoms with Gasteiger partial charge in [0.2, 0.25) is 18.9 Å². The Hall–Kier alpha value is -10.8. The molecule has 15 atom stereocenters. The van der Waals surface area contributed by atoms with Crippen molar-refractivity contribution >= 4 is 82.2 Å². The average molecular weight is 1530 g/mol. The van der Waals surface area contributed by atoms with Gasteiger partial charge in [-0.15, -0.1) is 0 Å². The number of hydrogen-bond acceptors (Lipinski definition) is 20. The summed E-state index contributed by atoms with van der Waals surface area (Å²) >= 11 is 0. The van der Waals surface area contributed by atoms with Gasteiger partial charge in [-0.2, -0.15) is 26.3 Å². The molecule has 0 amide bonds. The number of benzene rings is 4. The van der Waals surface area contributed by atoms with Gasteiger partial charge < -0.3 is 66.8 Å². The third-order valence-corrected chi connectivity index (χ3v) is 20.5. The molecule has 2 N–H and O–H groups in total. The summed E-state index contributed by atoms with van der Waals surface area (Å²) in [5.41, 5.74) is 0.221. The SMILES string of the molecule is CC(=O)OCC1O[C@@H](Oc2cccc(-c3c4nc(c(-c5cccc(O[C@@H]6OC(COC(C)=O)[C@@H](C)[C@H](C)C6OC(C)=O)c5)c5ccc([nH]5)c(-c5cc(C(F)(F)F)cc(C(F)(F)F)c5)c5nc(c(-c6cccc(O[C@@H]7OC(COC(C)=O)[C@@H](C)[C@H](C)C7OC(C)=O)c6)c6ccc3[nH]6)C=C5)C=C4)c2)C(OC(C)=O)[C@@H](C)[C@@H]1C. The van der Waals surface area contributed by atoms with Crippen molar-refractivity contribution in [2.24, 2.45) is 35.5 Å². The Morgan fingerprint density at radius 1 is 0.364 bits per heavy atom. The predicted octanol–water partition coefficient (Wildman–Crippen LogP) is 16.0. The van der Waals surface area contributed by atoms with Crippen LogP contribution < -0.4 is 14.2 Å². The minimum Gasteiger partial charge on any atom is -0.463 e. The monoisotopic (exact) mass is 1520 g/mol. The molecule has 110 heavy (non-hydrogen) atoms. The molecule has 580 valence electrons. The molecule has 0 aliphatic carbocycles. The standard InChI is InChI=1S/C82H82F6N4O18/c1-39-42(4)75(102-48(10)96)78(108-68(39)36-99-45(7)93)105-57-19-13-16-51(32-57)71-60-22-24-62(89-60)72(52-17-14-20-58(33-52)106-79-76(103-49(11)97)43(5)40(2)69(109-79)37-100-46(8)94)64-26-28-66(91-64)74(54-30-55(81(83,84)85)35-56(31-54)82(86,87)88)67-29-27-65(92-67)73(63-25-23-61(71)90-63)53-18-15-21-59(34-53)107-80-77(104-50(12)98)44(6)41(3)70(110-80)38-101-47(9)95/h13-35,39-44,68-70,75-80,89,92H,36-38H2,1-12H3/t39-,40-,41-,42-,43-,44-,68?,69?,70?,75?,76?,77?,78+,79+,80+/m0/s1. The van der Waals surface area contributed by atoms with E-state index in [2.05, 4.69) is 9.97 Å². The van der Waals surface area contributed by atoms with E-state index >= 15 is 26.3 Å². The maximum absolute atomic E-state index is 15.1. The van der Waals surface area contributed by atoms with Crippen LogP contribution in [0.4, 0.5) is 26.3 Å². The van der Waals surface area contributed by atoms with Gasteiger partial charge in [0.1, 0.15) is 37.1 Å². The van der Waals surface area contributed by atoms with Gasteiger partial charge in [0.25, 0.3) is 0 Å². The fourth-order valence-corrected chi connectivity index (χ4v) is 14.4. The highest BCUT2D eigenvalue weighted by molar-refractivity contribution is 6.00. The first-order valence-corrected chi connectivity index (χ1v) is 35.8. The number of alkyl halides is 6. The first-order valence-electron chi connectivity index (χ1n) is 35.8. The van der Waals surface area contributed by atoms with E-state index in [9.17, 15) is 28.8 Å². The van der Waals surface area contributed by atoms with Gasteiger partial charge in [-0.3, -0.25) is 28.8 Å². The van der Waals surface area contributed by atoms with Crippen LogP contribution in [0, 0.1) is 35.5 Å². The van der Waals surface area contributed by atoms with E-state index in [1.54, 1.807) is 103 Å². The molecule has 3 fully saturated rings. The fourth-order valence-electron chi connectivity index (χ4n) is 14.4. The van der Waals surface area contributed by atoms with Gasteiger partial charge in [-0.25, -0.2) is 9.97 Å². The summed E-state index contributed by atoms with van der Waals surface area (Å²) < 4.78 is 164. The van der Waals surface area contributed by atoms with Crippen molar-refractivity contribution in [1.82, 2.24) is 19.9 Å². The number of halogens is 6. The lowest BCUT2D eigenvalue weighted by Gasteiger charge is -2.43. The Labute approximate surface area is 628 Å². The highest BCUT2D eigenvalue weighted by Crippen LogP contribution is 2.46. The predicted molar refractivity (Wildman–Crippen MR) is 390 cm³/mol. The van der Waals surface area contributed by atoms with Crippen molar-refractivity contribution in [3.63, 3.8) is 0 Å². The summed E-state index contributed by atoms with van der Waals surface area (Å²) in [6.45, 7) is 18.4. The maximum Gasteiger partial charge on any atom is 0.416 e. The van der Waals surface area contributed by atoms with Gasteiger partial charge in [0.05, 0.1) is 52.2 Å². The van der Waals surface area contributed by atoms with E-state index in [0.717, 1.165) is 0 Å². The Balaban J connectivity index is 1.11. The smallest absolute Gasteiger partial charge is 0.416 e. The van der Waals surface area contributed by atoms with E-state index in [1.165, 1.54) is 53.7 Å². The van der Waals surface area contributed by atoms with Crippen molar-refractivity contribution in [1.29, 1.82) is 0 Å². The molecule has 8 heterocycles. The summed E-state index contributed by atoms with van der Waals surface area (Å²) in [7, 11) is 0. The molecular weight excluding hydrogens is 1440 g/mol. The number of rotatable bonds is 19. The number of nitrogens with one attached hydrogen (secondary N) is 2. The number of carbonyl (C=O) groups excluding carboxylic acids is 6. The second-order valence-electron chi connectivity index (χ2n) is 28.1. The zero-order valence-corrected chi connectivity index (χ0v) is 62.1. The van der Waals surface area contributed by atoms with Crippen LogP contribution in [0.1, 0.15) is 117 Å². The molecule has 5 aliphatic heterocycles. The molecule has 6 unspecified atom stereocenters. The molecule has 3 aromatic heterocycles. The molecule has 12 rings (SSSR count). The molecule has 4 aromatic carbocycles. The summed E-state index contributed by atoms with van der Waals surface area (Å²) in [5.74, 6) is -4.90. The number of fused-ring (bicyclic) bond motifs is 8. The summed E-state index contributed by atoms with van der Waals surface area (Å²) in [5, 5.41) is 0. The molecule has 28 heteroatoms. The van der Waals surface area contributed by atoms with E-state index in [-0.39, 0.29) is 100 Å². The zero-order valence-electron chi connectivity index (χ0n) is 62.1. The Bertz CT molecular complexity index is 4790. The number of ether oxygens (including phenoxy) is 12. The quantitative estimate of drug-likeness (QED) is 0.0432. The van der Waals surface area contributed by atoms with E-state index in [1.807, 2.05) is 47.6 Å². The third kappa shape index (κ3) is 17.6. The Morgan fingerprint density at radius 2 is 0.636 bits per heavy atom. The number of H-pyrrole nitrogens is 2. The third-order valence-electron chi connectivity index (χ3n) is 20.5. The maximum atomic E-state index is 15.1. The molecular formula is C82H82F6N4O18. The Morgan fingerprint density at radius 3 is 0.891 bits per heavy atom. The normalized spacial score (nSPS) is 24.5. The second kappa shape index (κ2) is 32.4. The van der Waals surface area contributed by atoms with Gasteiger partial charge >= 0.3 is 48.2 Å². The van der Waals surface area contributed by atoms with Crippen molar-refractivity contribution in [2.75, 3.05) is 19.8 Å². The van der Waals surface area contributed by atoms with Crippen molar-refractivity contribution in [3.8, 4) is 61.8 Å².